The summed E-state index contributed by atoms with van der Waals surface area (Å²) >= 11 is 6.12. The highest BCUT2D eigenvalue weighted by Crippen LogP contribution is 2.25. The third-order valence-corrected chi connectivity index (χ3v) is 3.30. The Labute approximate surface area is 134 Å². The second-order valence-electron chi connectivity index (χ2n) is 4.68. The van der Waals surface area contributed by atoms with Crippen LogP contribution in [0.2, 0.25) is 5.02 Å². The van der Waals surface area contributed by atoms with Crippen LogP contribution in [0.15, 0.2) is 30.6 Å². The number of H-pyrrole nitrogens is 1. The number of benzene rings is 1. The first kappa shape index (κ1) is 16.3. The molecule has 1 aromatic heterocycles. The first-order valence-corrected chi connectivity index (χ1v) is 7.47. The van der Waals surface area contributed by atoms with E-state index in [0.717, 1.165) is 12.2 Å². The highest BCUT2D eigenvalue weighted by atomic mass is 35.5. The van der Waals surface area contributed by atoms with Crippen LogP contribution in [-0.2, 0) is 6.42 Å². The van der Waals surface area contributed by atoms with E-state index in [9.17, 15) is 4.79 Å². The second kappa shape index (κ2) is 8.41. The van der Waals surface area contributed by atoms with E-state index in [1.54, 1.807) is 30.6 Å². The van der Waals surface area contributed by atoms with E-state index >= 15 is 0 Å². The molecule has 118 valence electrons. The van der Waals surface area contributed by atoms with Crippen molar-refractivity contribution < 1.29 is 9.53 Å². The Morgan fingerprint density at radius 1 is 1.45 bits per heavy atom. The molecular weight excluding hydrogens is 304 g/mol. The molecule has 2 rings (SSSR count). The molecule has 1 amide bonds. The van der Waals surface area contributed by atoms with Gasteiger partial charge >= 0.3 is 0 Å². The van der Waals surface area contributed by atoms with Crippen molar-refractivity contribution in [2.45, 2.75) is 12.8 Å². The van der Waals surface area contributed by atoms with E-state index in [2.05, 4.69) is 15.3 Å². The summed E-state index contributed by atoms with van der Waals surface area (Å²) < 4.78 is 5.49. The minimum Gasteiger partial charge on any atom is -0.492 e. The molecule has 0 unspecified atom stereocenters. The van der Waals surface area contributed by atoms with Crippen LogP contribution in [0.3, 0.4) is 0 Å². The highest BCUT2D eigenvalue weighted by molar-refractivity contribution is 6.32. The van der Waals surface area contributed by atoms with Crippen molar-refractivity contribution in [2.24, 2.45) is 5.73 Å². The fraction of sp³-hybridized carbons (Fsp3) is 0.333. The predicted octanol–water partition coefficient (Wildman–Crippen LogP) is 1.76. The van der Waals surface area contributed by atoms with Crippen molar-refractivity contribution in [3.63, 3.8) is 0 Å². The Kier molecular flexibility index (Phi) is 6.24. The summed E-state index contributed by atoms with van der Waals surface area (Å²) in [6.45, 7) is 1.57. The van der Waals surface area contributed by atoms with E-state index in [4.69, 9.17) is 22.1 Å². The zero-order chi connectivity index (χ0) is 15.8. The second-order valence-corrected chi connectivity index (χ2v) is 5.08. The summed E-state index contributed by atoms with van der Waals surface area (Å²) in [5.74, 6) is 1.21. The maximum atomic E-state index is 12.0. The summed E-state index contributed by atoms with van der Waals surface area (Å²) in [6, 6.07) is 4.98. The average Bonchev–Trinajstić information content (AvgIpc) is 3.02. The van der Waals surface area contributed by atoms with Gasteiger partial charge in [0.1, 0.15) is 11.6 Å². The van der Waals surface area contributed by atoms with E-state index in [1.807, 2.05) is 0 Å². The van der Waals surface area contributed by atoms with Crippen LogP contribution in [0.1, 0.15) is 22.6 Å². The molecule has 7 heteroatoms. The zero-order valence-electron chi connectivity index (χ0n) is 12.1. The molecule has 0 fully saturated rings. The van der Waals surface area contributed by atoms with Crippen molar-refractivity contribution in [1.29, 1.82) is 0 Å². The maximum absolute atomic E-state index is 12.0. The van der Waals surface area contributed by atoms with Crippen LogP contribution < -0.4 is 15.8 Å². The molecule has 1 heterocycles. The number of hydrogen-bond donors (Lipinski definition) is 3. The molecule has 1 aromatic carbocycles. The average molecular weight is 323 g/mol. The standard InChI is InChI=1S/C15H19ClN4O2/c16-12-10-11(2-3-13(12)22-9-1-5-17)15(21)20-6-4-14-18-7-8-19-14/h2-3,7-8,10H,1,4-6,9,17H2,(H,18,19)(H,20,21). The third-order valence-electron chi connectivity index (χ3n) is 3.00. The number of aromatic amines is 1. The number of nitrogens with zero attached hydrogens (tertiary/aromatic N) is 1. The van der Waals surface area contributed by atoms with Gasteiger partial charge in [-0.05, 0) is 31.2 Å². The fourth-order valence-electron chi connectivity index (χ4n) is 1.86. The van der Waals surface area contributed by atoms with Gasteiger partial charge in [0, 0.05) is 30.9 Å². The van der Waals surface area contributed by atoms with Crippen molar-refractivity contribution in [3.05, 3.63) is 47.0 Å². The van der Waals surface area contributed by atoms with Crippen molar-refractivity contribution in [3.8, 4) is 5.75 Å². The first-order valence-electron chi connectivity index (χ1n) is 7.09. The number of carbonyl (C=O) groups excluding carboxylic acids is 1. The van der Waals surface area contributed by atoms with Gasteiger partial charge in [-0.15, -0.1) is 0 Å². The summed E-state index contributed by atoms with van der Waals surface area (Å²) in [5, 5.41) is 3.23. The maximum Gasteiger partial charge on any atom is 0.251 e. The van der Waals surface area contributed by atoms with Gasteiger partial charge in [-0.25, -0.2) is 4.98 Å². The fourth-order valence-corrected chi connectivity index (χ4v) is 2.09. The molecule has 0 radical (unpaired) electrons. The summed E-state index contributed by atoms with van der Waals surface area (Å²) in [6.07, 6.45) is 4.83. The lowest BCUT2D eigenvalue weighted by molar-refractivity contribution is 0.0954. The number of amides is 1. The molecule has 0 aliphatic heterocycles. The zero-order valence-corrected chi connectivity index (χ0v) is 12.9. The quantitative estimate of drug-likeness (QED) is 0.646. The van der Waals surface area contributed by atoms with Crippen LogP contribution in [0.4, 0.5) is 0 Å². The topological polar surface area (TPSA) is 93.0 Å². The molecule has 4 N–H and O–H groups in total. The lowest BCUT2D eigenvalue weighted by Gasteiger charge is -2.09. The van der Waals surface area contributed by atoms with Gasteiger partial charge in [0.2, 0.25) is 0 Å². The Balaban J connectivity index is 1.85. The number of halogens is 1. The monoisotopic (exact) mass is 322 g/mol. The minimum atomic E-state index is -0.179. The molecule has 0 atom stereocenters. The number of rotatable bonds is 8. The Hall–Kier alpha value is -2.05. The largest absolute Gasteiger partial charge is 0.492 e. The van der Waals surface area contributed by atoms with E-state index in [1.165, 1.54) is 0 Å². The molecule has 2 aromatic rings. The highest BCUT2D eigenvalue weighted by Gasteiger charge is 2.09. The molecule has 0 aliphatic rings. The summed E-state index contributed by atoms with van der Waals surface area (Å²) in [7, 11) is 0. The molecule has 22 heavy (non-hydrogen) atoms. The van der Waals surface area contributed by atoms with E-state index in [0.29, 0.717) is 42.5 Å². The van der Waals surface area contributed by atoms with Gasteiger partial charge in [-0.3, -0.25) is 4.79 Å². The molecule has 0 saturated heterocycles. The van der Waals surface area contributed by atoms with Crippen LogP contribution >= 0.6 is 11.6 Å². The van der Waals surface area contributed by atoms with Gasteiger partial charge in [-0.1, -0.05) is 11.6 Å². The van der Waals surface area contributed by atoms with Crippen LogP contribution in [-0.4, -0.2) is 35.6 Å². The van der Waals surface area contributed by atoms with E-state index in [-0.39, 0.29) is 5.91 Å². The third kappa shape index (κ3) is 4.75. The molecule has 0 aliphatic carbocycles. The Bertz CT molecular complexity index is 602. The van der Waals surface area contributed by atoms with Gasteiger partial charge in [0.25, 0.3) is 5.91 Å². The van der Waals surface area contributed by atoms with Crippen molar-refractivity contribution >= 4 is 17.5 Å². The normalized spacial score (nSPS) is 10.5. The van der Waals surface area contributed by atoms with Crippen LogP contribution in [0, 0.1) is 0 Å². The molecule has 0 bridgehead atoms. The molecule has 0 spiro atoms. The number of aromatic nitrogens is 2. The number of nitrogens with one attached hydrogen (secondary N) is 2. The van der Waals surface area contributed by atoms with Crippen molar-refractivity contribution in [2.75, 3.05) is 19.7 Å². The molecule has 6 nitrogen and oxygen atoms in total. The lowest BCUT2D eigenvalue weighted by atomic mass is 10.2. The number of hydrogen-bond acceptors (Lipinski definition) is 4. The van der Waals surface area contributed by atoms with Crippen LogP contribution in [0.5, 0.6) is 5.75 Å². The smallest absolute Gasteiger partial charge is 0.251 e. The predicted molar refractivity (Wildman–Crippen MR) is 85.2 cm³/mol. The first-order chi connectivity index (χ1) is 10.7. The van der Waals surface area contributed by atoms with Gasteiger partial charge < -0.3 is 20.8 Å². The van der Waals surface area contributed by atoms with E-state index < -0.39 is 0 Å². The number of nitrogens with two attached hydrogens (primary N) is 1. The van der Waals surface area contributed by atoms with Gasteiger partial charge in [-0.2, -0.15) is 0 Å². The molecule has 0 saturated carbocycles. The number of carbonyl (C=O) groups is 1. The van der Waals surface area contributed by atoms with Gasteiger partial charge in [0.15, 0.2) is 0 Å². The summed E-state index contributed by atoms with van der Waals surface area (Å²) in [4.78, 5) is 19.1. The van der Waals surface area contributed by atoms with Crippen LogP contribution in [0.25, 0.3) is 0 Å². The Morgan fingerprint density at radius 3 is 3.00 bits per heavy atom. The number of ether oxygens (including phenoxy) is 1. The molecular formula is C15H19ClN4O2. The van der Waals surface area contributed by atoms with Gasteiger partial charge in [0.05, 0.1) is 11.6 Å². The lowest BCUT2D eigenvalue weighted by Crippen LogP contribution is -2.25. The minimum absolute atomic E-state index is 0.179. The van der Waals surface area contributed by atoms with Crippen molar-refractivity contribution in [1.82, 2.24) is 15.3 Å². The number of imidazole rings is 1. The summed E-state index contributed by atoms with van der Waals surface area (Å²) in [5.41, 5.74) is 5.90. The Morgan fingerprint density at radius 2 is 2.32 bits per heavy atom. The SMILES string of the molecule is NCCCOc1ccc(C(=O)NCCc2ncc[nH]2)cc1Cl.